The molecule has 20 heavy (non-hydrogen) atoms. The summed E-state index contributed by atoms with van der Waals surface area (Å²) in [5, 5.41) is 14.7. The van der Waals surface area contributed by atoms with E-state index in [0.29, 0.717) is 18.4 Å². The Kier molecular flexibility index (Phi) is 6.82. The molecule has 2 amide bonds. The number of nitrogens with one attached hydrogen (secondary N) is 2. The van der Waals surface area contributed by atoms with Gasteiger partial charge in [0, 0.05) is 12.1 Å². The normalized spacial score (nSPS) is 24.9. The van der Waals surface area contributed by atoms with Crippen molar-refractivity contribution in [3.05, 3.63) is 0 Å². The highest BCUT2D eigenvalue weighted by Gasteiger charge is 2.23. The van der Waals surface area contributed by atoms with Crippen molar-refractivity contribution in [1.29, 1.82) is 0 Å². The third-order valence-electron chi connectivity index (χ3n) is 4.10. The average Bonchev–Trinajstić information content (AvgIpc) is 2.73. The number of carboxylic acid groups (broad SMARTS) is 1. The minimum Gasteiger partial charge on any atom is -0.481 e. The smallest absolute Gasteiger partial charge is 0.315 e. The van der Waals surface area contributed by atoms with Gasteiger partial charge < -0.3 is 15.7 Å². The van der Waals surface area contributed by atoms with E-state index in [9.17, 15) is 9.59 Å². The van der Waals surface area contributed by atoms with Crippen molar-refractivity contribution >= 4 is 12.0 Å². The molecule has 1 aliphatic rings. The number of urea groups is 1. The number of carbonyl (C=O) groups excluding carboxylic acids is 1. The third-order valence-corrected chi connectivity index (χ3v) is 4.10. The van der Waals surface area contributed by atoms with Crippen LogP contribution in [0.4, 0.5) is 4.79 Å². The number of hydrogen-bond donors (Lipinski definition) is 3. The maximum atomic E-state index is 11.8. The van der Waals surface area contributed by atoms with Crippen LogP contribution in [0.15, 0.2) is 0 Å². The highest BCUT2D eigenvalue weighted by molar-refractivity contribution is 5.74. The Morgan fingerprint density at radius 1 is 1.25 bits per heavy atom. The Labute approximate surface area is 121 Å². The fourth-order valence-corrected chi connectivity index (χ4v) is 2.71. The summed E-state index contributed by atoms with van der Waals surface area (Å²) in [6.07, 6.45) is 5.61. The lowest BCUT2D eigenvalue weighted by Crippen LogP contribution is -2.44. The first-order valence-electron chi connectivity index (χ1n) is 7.68. The number of carboxylic acids is 1. The van der Waals surface area contributed by atoms with Gasteiger partial charge in [-0.2, -0.15) is 0 Å². The largest absolute Gasteiger partial charge is 0.481 e. The number of aliphatic carboxylic acids is 1. The molecule has 1 aliphatic carbocycles. The van der Waals surface area contributed by atoms with Crippen LogP contribution in [-0.2, 0) is 4.79 Å². The first-order chi connectivity index (χ1) is 9.38. The molecule has 0 saturated heterocycles. The number of rotatable bonds is 7. The maximum Gasteiger partial charge on any atom is 0.315 e. The van der Waals surface area contributed by atoms with E-state index < -0.39 is 5.97 Å². The molecule has 1 rings (SSSR count). The molecule has 0 aromatic carbocycles. The molecule has 0 bridgehead atoms. The Morgan fingerprint density at radius 3 is 2.50 bits per heavy atom. The van der Waals surface area contributed by atoms with Crippen molar-refractivity contribution in [2.24, 2.45) is 11.8 Å². The minimum absolute atomic E-state index is 0.0785. The lowest BCUT2D eigenvalue weighted by atomic mass is 10.0. The Bertz CT molecular complexity index is 333. The van der Waals surface area contributed by atoms with Gasteiger partial charge in [0.05, 0.1) is 5.92 Å². The van der Waals surface area contributed by atoms with Gasteiger partial charge in [0.25, 0.3) is 0 Å². The lowest BCUT2D eigenvalue weighted by Gasteiger charge is -2.18. The van der Waals surface area contributed by atoms with E-state index in [4.69, 9.17) is 5.11 Å². The third kappa shape index (κ3) is 6.26. The van der Waals surface area contributed by atoms with Gasteiger partial charge in [0.2, 0.25) is 0 Å². The van der Waals surface area contributed by atoms with Crippen LogP contribution in [-0.4, -0.2) is 29.2 Å². The van der Waals surface area contributed by atoms with Crippen LogP contribution in [0.25, 0.3) is 0 Å². The van der Waals surface area contributed by atoms with Crippen LogP contribution < -0.4 is 10.6 Å². The number of carbonyl (C=O) groups is 2. The highest BCUT2D eigenvalue weighted by Crippen LogP contribution is 2.24. The topological polar surface area (TPSA) is 78.4 Å². The second kappa shape index (κ2) is 8.12. The van der Waals surface area contributed by atoms with Crippen molar-refractivity contribution in [2.75, 3.05) is 0 Å². The molecule has 0 aromatic rings. The predicted molar refractivity (Wildman–Crippen MR) is 78.6 cm³/mol. The number of amides is 2. The van der Waals surface area contributed by atoms with Crippen molar-refractivity contribution in [3.8, 4) is 0 Å². The van der Waals surface area contributed by atoms with E-state index in [1.54, 1.807) is 6.92 Å². The molecule has 0 spiro atoms. The van der Waals surface area contributed by atoms with Crippen LogP contribution in [0.1, 0.15) is 59.3 Å². The van der Waals surface area contributed by atoms with Gasteiger partial charge in [0.15, 0.2) is 0 Å². The van der Waals surface area contributed by atoms with Crippen molar-refractivity contribution < 1.29 is 14.7 Å². The second-order valence-corrected chi connectivity index (χ2v) is 6.30. The summed E-state index contributed by atoms with van der Waals surface area (Å²) in [6.45, 7) is 5.89. The Hall–Kier alpha value is -1.26. The average molecular weight is 284 g/mol. The van der Waals surface area contributed by atoms with E-state index in [2.05, 4.69) is 17.6 Å². The van der Waals surface area contributed by atoms with Crippen molar-refractivity contribution in [2.45, 2.75) is 71.4 Å². The highest BCUT2D eigenvalue weighted by atomic mass is 16.4. The first-order valence-corrected chi connectivity index (χ1v) is 7.68. The van der Waals surface area contributed by atoms with Crippen molar-refractivity contribution in [3.63, 3.8) is 0 Å². The van der Waals surface area contributed by atoms with Gasteiger partial charge in [-0.1, -0.05) is 20.3 Å². The quantitative estimate of drug-likeness (QED) is 0.672. The summed E-state index contributed by atoms with van der Waals surface area (Å²) in [5.74, 6) is -0.357. The fraction of sp³-hybridized carbons (Fsp3) is 0.867. The molecular formula is C15H28N2O3. The molecule has 0 heterocycles. The first kappa shape index (κ1) is 16.8. The molecule has 4 atom stereocenters. The second-order valence-electron chi connectivity index (χ2n) is 6.30. The molecule has 0 aliphatic heterocycles. The van der Waals surface area contributed by atoms with Gasteiger partial charge in [-0.3, -0.25) is 4.79 Å². The van der Waals surface area contributed by atoms with E-state index >= 15 is 0 Å². The standard InChI is InChI=1S/C15H28N2O3/c1-10-7-8-13(9-10)17-15(20)16-12(3)6-4-5-11(2)14(18)19/h10-13H,4-9H2,1-3H3,(H,18,19)(H2,16,17,20). The van der Waals surface area contributed by atoms with Crippen molar-refractivity contribution in [1.82, 2.24) is 10.6 Å². The van der Waals surface area contributed by atoms with Crippen LogP contribution >= 0.6 is 0 Å². The summed E-state index contributed by atoms with van der Waals surface area (Å²) in [6, 6.07) is 0.293. The number of hydrogen-bond acceptors (Lipinski definition) is 2. The van der Waals surface area contributed by atoms with Crippen LogP contribution in [0.3, 0.4) is 0 Å². The Balaban J connectivity index is 2.13. The van der Waals surface area contributed by atoms with Gasteiger partial charge in [-0.05, 0) is 44.9 Å². The van der Waals surface area contributed by atoms with E-state index in [-0.39, 0.29) is 18.0 Å². The summed E-state index contributed by atoms with van der Waals surface area (Å²) in [7, 11) is 0. The Morgan fingerprint density at radius 2 is 1.95 bits per heavy atom. The molecule has 1 fully saturated rings. The lowest BCUT2D eigenvalue weighted by molar-refractivity contribution is -0.141. The fourth-order valence-electron chi connectivity index (χ4n) is 2.71. The van der Waals surface area contributed by atoms with Gasteiger partial charge in [-0.25, -0.2) is 4.79 Å². The molecule has 1 saturated carbocycles. The molecule has 4 unspecified atom stereocenters. The summed E-state index contributed by atoms with van der Waals surface area (Å²) < 4.78 is 0. The van der Waals surface area contributed by atoms with Crippen LogP contribution in [0, 0.1) is 11.8 Å². The predicted octanol–water partition coefficient (Wildman–Crippen LogP) is 2.75. The minimum atomic E-state index is -0.751. The van der Waals surface area contributed by atoms with Gasteiger partial charge >= 0.3 is 12.0 Å². The van der Waals surface area contributed by atoms with Crippen LogP contribution in [0.5, 0.6) is 0 Å². The zero-order valence-electron chi connectivity index (χ0n) is 12.8. The van der Waals surface area contributed by atoms with E-state index in [0.717, 1.165) is 25.7 Å². The molecule has 0 aromatic heterocycles. The molecule has 5 heteroatoms. The van der Waals surface area contributed by atoms with Gasteiger partial charge in [-0.15, -0.1) is 0 Å². The molecule has 5 nitrogen and oxygen atoms in total. The zero-order valence-corrected chi connectivity index (χ0v) is 12.8. The summed E-state index contributed by atoms with van der Waals surface area (Å²) in [4.78, 5) is 22.5. The maximum absolute atomic E-state index is 11.8. The SMILES string of the molecule is CC1CCC(NC(=O)NC(C)CCCC(C)C(=O)O)C1. The molecular weight excluding hydrogens is 256 g/mol. The molecule has 3 N–H and O–H groups in total. The van der Waals surface area contributed by atoms with E-state index in [1.165, 1.54) is 6.42 Å². The monoisotopic (exact) mass is 284 g/mol. The molecule has 116 valence electrons. The summed E-state index contributed by atoms with van der Waals surface area (Å²) >= 11 is 0. The van der Waals surface area contributed by atoms with Gasteiger partial charge in [0.1, 0.15) is 0 Å². The summed E-state index contributed by atoms with van der Waals surface area (Å²) in [5.41, 5.74) is 0. The van der Waals surface area contributed by atoms with E-state index in [1.807, 2.05) is 6.92 Å². The zero-order chi connectivity index (χ0) is 15.1. The van der Waals surface area contributed by atoms with Crippen LogP contribution in [0.2, 0.25) is 0 Å². The molecule has 0 radical (unpaired) electrons.